The van der Waals surface area contributed by atoms with Crippen LogP contribution in [0.2, 0.25) is 0 Å². The van der Waals surface area contributed by atoms with E-state index in [4.69, 9.17) is 10.4 Å². The number of hydrogen-bond acceptors (Lipinski definition) is 3. The van der Waals surface area contributed by atoms with Gasteiger partial charge in [-0.15, -0.1) is 0 Å². The Bertz CT molecular complexity index is 470. The largest absolute Gasteiger partial charge is 0.481 e. The molecule has 100 valence electrons. The zero-order valence-electron chi connectivity index (χ0n) is 10.7. The molecule has 0 unspecified atom stereocenters. The van der Waals surface area contributed by atoms with Gasteiger partial charge < -0.3 is 5.11 Å². The number of carboxylic acids is 1. The molecule has 0 atom stereocenters. The number of carbonyl (C=O) groups is 1. The Hall–Kier alpha value is -1.47. The summed E-state index contributed by atoms with van der Waals surface area (Å²) in [7, 11) is 0. The molecule has 0 bridgehead atoms. The molecule has 0 aliphatic heterocycles. The smallest absolute Gasteiger partial charge is 0.306 e. The van der Waals surface area contributed by atoms with E-state index in [0.717, 1.165) is 31.4 Å². The van der Waals surface area contributed by atoms with Gasteiger partial charge in [0.15, 0.2) is 0 Å². The summed E-state index contributed by atoms with van der Waals surface area (Å²) in [6.07, 6.45) is 3.61. The van der Waals surface area contributed by atoms with Gasteiger partial charge in [-0.05, 0) is 43.4 Å². The van der Waals surface area contributed by atoms with E-state index in [9.17, 15) is 4.79 Å². The Kier molecular flexibility index (Phi) is 4.86. The molecule has 19 heavy (non-hydrogen) atoms. The second kappa shape index (κ2) is 6.63. The highest BCUT2D eigenvalue weighted by molar-refractivity contribution is 7.99. The molecule has 1 aromatic rings. The van der Waals surface area contributed by atoms with Crippen molar-refractivity contribution >= 4 is 17.7 Å². The van der Waals surface area contributed by atoms with Crippen molar-refractivity contribution in [2.24, 2.45) is 5.92 Å². The van der Waals surface area contributed by atoms with Crippen LogP contribution in [0.1, 0.15) is 36.8 Å². The second-order valence-electron chi connectivity index (χ2n) is 4.93. The predicted octanol–water partition coefficient (Wildman–Crippen LogP) is 3.43. The van der Waals surface area contributed by atoms with Gasteiger partial charge in [0, 0.05) is 11.0 Å². The maximum atomic E-state index is 10.9. The molecule has 1 fully saturated rings. The van der Waals surface area contributed by atoms with E-state index in [0.29, 0.717) is 10.8 Å². The molecule has 0 amide bonds. The summed E-state index contributed by atoms with van der Waals surface area (Å²) in [6, 6.07) is 9.79. The van der Waals surface area contributed by atoms with Crippen LogP contribution in [0.15, 0.2) is 24.3 Å². The standard InChI is InChI=1S/C15H17NO2S/c16-9-11-1-3-12(4-2-11)10-19-14-7-5-13(6-8-14)15(17)18/h1-4,13-14H,5-8,10H2,(H,17,18). The number of aliphatic carboxylic acids is 1. The minimum absolute atomic E-state index is 0.133. The van der Waals surface area contributed by atoms with Gasteiger partial charge >= 0.3 is 5.97 Å². The lowest BCUT2D eigenvalue weighted by atomic mass is 9.89. The van der Waals surface area contributed by atoms with Crippen LogP contribution < -0.4 is 0 Å². The minimum atomic E-state index is -0.643. The molecule has 1 aromatic carbocycles. The van der Waals surface area contributed by atoms with Crippen LogP contribution in [-0.2, 0) is 10.5 Å². The van der Waals surface area contributed by atoms with Gasteiger partial charge in [0.2, 0.25) is 0 Å². The van der Waals surface area contributed by atoms with Gasteiger partial charge in [-0.3, -0.25) is 4.79 Å². The quantitative estimate of drug-likeness (QED) is 0.914. The molecule has 0 radical (unpaired) electrons. The van der Waals surface area contributed by atoms with Crippen LogP contribution in [0.5, 0.6) is 0 Å². The summed E-state index contributed by atoms with van der Waals surface area (Å²) in [5.74, 6) is 0.163. The number of carboxylic acid groups (broad SMARTS) is 1. The first-order valence-corrected chi connectivity index (χ1v) is 7.57. The van der Waals surface area contributed by atoms with Crippen molar-refractivity contribution in [1.82, 2.24) is 0 Å². The summed E-state index contributed by atoms with van der Waals surface area (Å²) in [5, 5.41) is 18.3. The molecule has 0 aromatic heterocycles. The van der Waals surface area contributed by atoms with Crippen molar-refractivity contribution in [1.29, 1.82) is 5.26 Å². The van der Waals surface area contributed by atoms with E-state index in [1.54, 1.807) is 0 Å². The van der Waals surface area contributed by atoms with Crippen molar-refractivity contribution in [3.63, 3.8) is 0 Å². The van der Waals surface area contributed by atoms with Gasteiger partial charge in [0.05, 0.1) is 17.6 Å². The fourth-order valence-corrected chi connectivity index (χ4v) is 3.59. The Balaban J connectivity index is 1.77. The Morgan fingerprint density at radius 3 is 2.42 bits per heavy atom. The molecule has 3 nitrogen and oxygen atoms in total. The molecule has 1 N–H and O–H groups in total. The third-order valence-electron chi connectivity index (χ3n) is 3.59. The summed E-state index contributed by atoms with van der Waals surface area (Å²) in [4.78, 5) is 10.9. The fourth-order valence-electron chi connectivity index (χ4n) is 2.37. The first-order valence-electron chi connectivity index (χ1n) is 6.52. The SMILES string of the molecule is N#Cc1ccc(CSC2CCC(C(=O)O)CC2)cc1. The number of thioether (sulfide) groups is 1. The summed E-state index contributed by atoms with van der Waals surface area (Å²) in [5.41, 5.74) is 1.92. The van der Waals surface area contributed by atoms with E-state index in [1.807, 2.05) is 36.0 Å². The zero-order valence-corrected chi connectivity index (χ0v) is 11.5. The number of nitriles is 1. The maximum absolute atomic E-state index is 10.9. The van der Waals surface area contributed by atoms with E-state index in [-0.39, 0.29) is 5.92 Å². The van der Waals surface area contributed by atoms with Crippen molar-refractivity contribution in [3.05, 3.63) is 35.4 Å². The third-order valence-corrected chi connectivity index (χ3v) is 5.03. The average Bonchev–Trinajstić information content (AvgIpc) is 2.46. The molecule has 1 aliphatic rings. The molecular weight excluding hydrogens is 258 g/mol. The second-order valence-corrected chi connectivity index (χ2v) is 6.22. The van der Waals surface area contributed by atoms with Crippen LogP contribution in [0.3, 0.4) is 0 Å². The first kappa shape index (κ1) is 14.0. The summed E-state index contributed by atoms with van der Waals surface area (Å²) >= 11 is 1.90. The molecule has 0 spiro atoms. The number of benzene rings is 1. The Morgan fingerprint density at radius 2 is 1.89 bits per heavy atom. The fraction of sp³-hybridized carbons (Fsp3) is 0.467. The van der Waals surface area contributed by atoms with Gasteiger partial charge in [-0.25, -0.2) is 0 Å². The molecule has 2 rings (SSSR count). The average molecular weight is 275 g/mol. The van der Waals surface area contributed by atoms with Crippen molar-refractivity contribution in [2.75, 3.05) is 0 Å². The van der Waals surface area contributed by atoms with Gasteiger partial charge in [-0.1, -0.05) is 12.1 Å². The van der Waals surface area contributed by atoms with E-state index >= 15 is 0 Å². The number of rotatable bonds is 4. The first-order chi connectivity index (χ1) is 9.19. The molecular formula is C15H17NO2S. The monoisotopic (exact) mass is 275 g/mol. The van der Waals surface area contributed by atoms with Crippen molar-refractivity contribution in [3.8, 4) is 6.07 Å². The Labute approximate surface area is 117 Å². The van der Waals surface area contributed by atoms with Crippen molar-refractivity contribution in [2.45, 2.75) is 36.7 Å². The van der Waals surface area contributed by atoms with Crippen LogP contribution in [0.25, 0.3) is 0 Å². The molecule has 4 heteroatoms. The zero-order chi connectivity index (χ0) is 13.7. The van der Waals surface area contributed by atoms with E-state index in [1.165, 1.54) is 5.56 Å². The molecule has 0 saturated heterocycles. The topological polar surface area (TPSA) is 61.1 Å². The lowest BCUT2D eigenvalue weighted by molar-refractivity contribution is -0.142. The van der Waals surface area contributed by atoms with Gasteiger partial charge in [0.25, 0.3) is 0 Å². The van der Waals surface area contributed by atoms with Crippen LogP contribution >= 0.6 is 11.8 Å². The lowest BCUT2D eigenvalue weighted by Crippen LogP contribution is -2.22. The van der Waals surface area contributed by atoms with Crippen molar-refractivity contribution < 1.29 is 9.90 Å². The number of hydrogen-bond donors (Lipinski definition) is 1. The van der Waals surface area contributed by atoms with E-state index in [2.05, 4.69) is 6.07 Å². The predicted molar refractivity (Wildman–Crippen MR) is 75.8 cm³/mol. The normalized spacial score (nSPS) is 22.7. The molecule has 1 saturated carbocycles. The van der Waals surface area contributed by atoms with Crippen LogP contribution in [0.4, 0.5) is 0 Å². The molecule has 0 heterocycles. The van der Waals surface area contributed by atoms with Crippen LogP contribution in [0, 0.1) is 17.2 Å². The number of nitrogens with zero attached hydrogens (tertiary/aromatic N) is 1. The highest BCUT2D eigenvalue weighted by Crippen LogP contribution is 2.33. The molecule has 1 aliphatic carbocycles. The summed E-state index contributed by atoms with van der Waals surface area (Å²) < 4.78 is 0. The lowest BCUT2D eigenvalue weighted by Gasteiger charge is -2.25. The van der Waals surface area contributed by atoms with Gasteiger partial charge in [-0.2, -0.15) is 17.0 Å². The van der Waals surface area contributed by atoms with Crippen LogP contribution in [-0.4, -0.2) is 16.3 Å². The maximum Gasteiger partial charge on any atom is 0.306 e. The van der Waals surface area contributed by atoms with Gasteiger partial charge in [0.1, 0.15) is 0 Å². The van der Waals surface area contributed by atoms with E-state index < -0.39 is 5.97 Å². The Morgan fingerprint density at radius 1 is 1.26 bits per heavy atom. The third kappa shape index (κ3) is 4.00. The highest BCUT2D eigenvalue weighted by Gasteiger charge is 2.25. The summed E-state index contributed by atoms with van der Waals surface area (Å²) in [6.45, 7) is 0. The highest BCUT2D eigenvalue weighted by atomic mass is 32.2. The minimum Gasteiger partial charge on any atom is -0.481 e.